The lowest BCUT2D eigenvalue weighted by Gasteiger charge is -1.90. The molecule has 50 valence electrons. The van der Waals surface area contributed by atoms with Crippen molar-refractivity contribution in [3.8, 4) is 6.07 Å². The Morgan fingerprint density at radius 2 is 2.10 bits per heavy atom. The monoisotopic (exact) mass is 197 g/mol. The van der Waals surface area contributed by atoms with Crippen LogP contribution in [-0.4, -0.2) is 9.97 Å². The molecule has 0 saturated carbocycles. The van der Waals surface area contributed by atoms with Crippen molar-refractivity contribution in [1.82, 2.24) is 9.97 Å². The molecule has 0 saturated heterocycles. The number of hydrogen-bond acceptors (Lipinski definition) is 3. The number of nitriles is 1. The van der Waals surface area contributed by atoms with Crippen molar-refractivity contribution in [1.29, 1.82) is 5.26 Å². The van der Waals surface area contributed by atoms with Gasteiger partial charge in [-0.15, -0.1) is 0 Å². The van der Waals surface area contributed by atoms with E-state index in [2.05, 4.69) is 25.9 Å². The fraction of sp³-hybridized carbons (Fsp3) is 0.167. The molecule has 0 aromatic carbocycles. The van der Waals surface area contributed by atoms with E-state index in [1.165, 1.54) is 0 Å². The summed E-state index contributed by atoms with van der Waals surface area (Å²) in [7, 11) is 0. The quantitative estimate of drug-likeness (QED) is 0.639. The molecule has 0 N–H and O–H groups in total. The second kappa shape index (κ2) is 3.28. The van der Waals surface area contributed by atoms with Crippen molar-refractivity contribution in [3.63, 3.8) is 0 Å². The molecule has 4 heteroatoms. The molecule has 0 spiro atoms. The van der Waals surface area contributed by atoms with E-state index in [1.807, 2.05) is 6.07 Å². The molecule has 1 rings (SSSR count). The maximum absolute atomic E-state index is 8.27. The highest BCUT2D eigenvalue weighted by Crippen LogP contribution is 2.01. The lowest BCUT2D eigenvalue weighted by Crippen LogP contribution is -1.86. The molecule has 0 bridgehead atoms. The maximum atomic E-state index is 8.27. The van der Waals surface area contributed by atoms with Gasteiger partial charge in [0.2, 0.25) is 0 Å². The third-order valence-electron chi connectivity index (χ3n) is 0.957. The molecule has 0 aliphatic rings. The summed E-state index contributed by atoms with van der Waals surface area (Å²) in [5.74, 6) is 0. The lowest BCUT2D eigenvalue weighted by molar-refractivity contribution is 1.05. The molecule has 0 atom stereocenters. The zero-order valence-electron chi connectivity index (χ0n) is 5.08. The van der Waals surface area contributed by atoms with Crippen LogP contribution < -0.4 is 0 Å². The van der Waals surface area contributed by atoms with E-state index in [-0.39, 0.29) is 0 Å². The summed E-state index contributed by atoms with van der Waals surface area (Å²) in [6.07, 6.45) is 3.62. The SMILES string of the molecule is N#CCc1cnc(Br)nc1. The normalized spacial score (nSPS) is 8.80. The fourth-order valence-electron chi connectivity index (χ4n) is 0.522. The first-order valence-corrected chi connectivity index (χ1v) is 3.45. The van der Waals surface area contributed by atoms with Gasteiger partial charge >= 0.3 is 0 Å². The minimum Gasteiger partial charge on any atom is -0.230 e. The van der Waals surface area contributed by atoms with E-state index in [0.29, 0.717) is 11.2 Å². The van der Waals surface area contributed by atoms with E-state index >= 15 is 0 Å². The standard InChI is InChI=1S/C6H4BrN3/c7-6-9-3-5(1-2-8)4-10-6/h3-4H,1H2. The Balaban J connectivity index is 2.81. The Labute approximate surface area is 66.9 Å². The van der Waals surface area contributed by atoms with Crippen molar-refractivity contribution in [2.24, 2.45) is 0 Å². The van der Waals surface area contributed by atoms with Gasteiger partial charge in [0.1, 0.15) is 0 Å². The Morgan fingerprint density at radius 1 is 1.50 bits per heavy atom. The van der Waals surface area contributed by atoms with Crippen molar-refractivity contribution in [2.75, 3.05) is 0 Å². The second-order valence-corrected chi connectivity index (χ2v) is 2.40. The Hall–Kier alpha value is -0.950. The second-order valence-electron chi connectivity index (χ2n) is 1.70. The van der Waals surface area contributed by atoms with Crippen LogP contribution in [0.4, 0.5) is 0 Å². The van der Waals surface area contributed by atoms with Crippen LogP contribution in [0.5, 0.6) is 0 Å². The molecular formula is C6H4BrN3. The maximum Gasteiger partial charge on any atom is 0.196 e. The molecule has 1 heterocycles. The van der Waals surface area contributed by atoms with Gasteiger partial charge in [-0.25, -0.2) is 9.97 Å². The molecule has 0 fully saturated rings. The van der Waals surface area contributed by atoms with Gasteiger partial charge in [-0.3, -0.25) is 0 Å². The highest BCUT2D eigenvalue weighted by Gasteiger charge is 1.91. The molecule has 0 aliphatic carbocycles. The average molecular weight is 198 g/mol. The average Bonchev–Trinajstić information content (AvgIpc) is 1.95. The summed E-state index contributed by atoms with van der Waals surface area (Å²) in [5, 5.41) is 8.27. The predicted octanol–water partition coefficient (Wildman–Crippen LogP) is 1.31. The molecule has 0 radical (unpaired) electrons. The summed E-state index contributed by atoms with van der Waals surface area (Å²) >= 11 is 3.09. The van der Waals surface area contributed by atoms with Gasteiger partial charge < -0.3 is 0 Å². The summed E-state index contributed by atoms with van der Waals surface area (Å²) < 4.78 is 0.550. The van der Waals surface area contributed by atoms with E-state index in [9.17, 15) is 0 Å². The molecule has 0 aliphatic heterocycles. The fourth-order valence-corrected chi connectivity index (χ4v) is 0.726. The van der Waals surface area contributed by atoms with Crippen LogP contribution in [0.3, 0.4) is 0 Å². The molecule has 0 amide bonds. The van der Waals surface area contributed by atoms with E-state index in [4.69, 9.17) is 5.26 Å². The molecule has 1 aromatic heterocycles. The highest BCUT2D eigenvalue weighted by molar-refractivity contribution is 9.10. The van der Waals surface area contributed by atoms with Gasteiger partial charge in [0.05, 0.1) is 12.5 Å². The third-order valence-corrected chi connectivity index (χ3v) is 1.37. The third kappa shape index (κ3) is 1.78. The summed E-state index contributed by atoms with van der Waals surface area (Å²) in [4.78, 5) is 7.70. The predicted molar refractivity (Wildman–Crippen MR) is 39.0 cm³/mol. The first-order chi connectivity index (χ1) is 4.83. The summed E-state index contributed by atoms with van der Waals surface area (Å²) in [6.45, 7) is 0. The smallest absolute Gasteiger partial charge is 0.196 e. The first-order valence-electron chi connectivity index (χ1n) is 2.66. The van der Waals surface area contributed by atoms with Gasteiger partial charge in [0, 0.05) is 18.0 Å². The largest absolute Gasteiger partial charge is 0.230 e. The van der Waals surface area contributed by atoms with Gasteiger partial charge in [-0.1, -0.05) is 0 Å². The number of aromatic nitrogens is 2. The van der Waals surface area contributed by atoms with Gasteiger partial charge in [-0.2, -0.15) is 5.26 Å². The number of rotatable bonds is 1. The minimum absolute atomic E-state index is 0.368. The van der Waals surface area contributed by atoms with Crippen LogP contribution in [0.2, 0.25) is 0 Å². The molecule has 0 unspecified atom stereocenters. The first kappa shape index (κ1) is 7.16. The molecule has 1 aromatic rings. The summed E-state index contributed by atoms with van der Waals surface area (Å²) in [5.41, 5.74) is 0.839. The van der Waals surface area contributed by atoms with E-state index in [1.54, 1.807) is 12.4 Å². The van der Waals surface area contributed by atoms with Crippen LogP contribution in [-0.2, 0) is 6.42 Å². The van der Waals surface area contributed by atoms with Gasteiger partial charge in [-0.05, 0) is 15.9 Å². The highest BCUT2D eigenvalue weighted by atomic mass is 79.9. The molecular weight excluding hydrogens is 194 g/mol. The molecule has 3 nitrogen and oxygen atoms in total. The Kier molecular flexibility index (Phi) is 2.35. The zero-order valence-corrected chi connectivity index (χ0v) is 6.67. The summed E-state index contributed by atoms with van der Waals surface area (Å²) in [6, 6.07) is 2.01. The topological polar surface area (TPSA) is 49.6 Å². The van der Waals surface area contributed by atoms with Gasteiger partial charge in [0.25, 0.3) is 0 Å². The van der Waals surface area contributed by atoms with Crippen LogP contribution in [0.15, 0.2) is 17.1 Å². The molecule has 10 heavy (non-hydrogen) atoms. The van der Waals surface area contributed by atoms with Crippen LogP contribution in [0.1, 0.15) is 5.56 Å². The number of halogens is 1. The zero-order chi connectivity index (χ0) is 7.40. The van der Waals surface area contributed by atoms with Crippen molar-refractivity contribution < 1.29 is 0 Å². The van der Waals surface area contributed by atoms with Crippen molar-refractivity contribution >= 4 is 15.9 Å². The Morgan fingerprint density at radius 3 is 2.60 bits per heavy atom. The number of nitrogens with zero attached hydrogens (tertiary/aromatic N) is 3. The minimum atomic E-state index is 0.368. The van der Waals surface area contributed by atoms with Crippen molar-refractivity contribution in [3.05, 3.63) is 22.7 Å². The number of hydrogen-bond donors (Lipinski definition) is 0. The van der Waals surface area contributed by atoms with E-state index < -0.39 is 0 Å². The van der Waals surface area contributed by atoms with Crippen LogP contribution >= 0.6 is 15.9 Å². The van der Waals surface area contributed by atoms with Crippen LogP contribution in [0.25, 0.3) is 0 Å². The lowest BCUT2D eigenvalue weighted by atomic mass is 10.3. The van der Waals surface area contributed by atoms with Crippen molar-refractivity contribution in [2.45, 2.75) is 6.42 Å². The van der Waals surface area contributed by atoms with E-state index in [0.717, 1.165) is 5.56 Å². The van der Waals surface area contributed by atoms with Crippen LogP contribution in [0, 0.1) is 11.3 Å². The van der Waals surface area contributed by atoms with Gasteiger partial charge in [0.15, 0.2) is 4.73 Å². The Bertz CT molecular complexity index is 249.